The normalized spacial score (nSPS) is 13.7. The Balaban J connectivity index is 2.76. The van der Waals surface area contributed by atoms with E-state index in [0.717, 1.165) is 5.69 Å². The molecule has 1 aromatic rings. The van der Waals surface area contributed by atoms with Gasteiger partial charge in [0.15, 0.2) is 0 Å². The summed E-state index contributed by atoms with van der Waals surface area (Å²) in [7, 11) is 0. The maximum Gasteiger partial charge on any atom is 0.0637 e. The molecule has 15 heavy (non-hydrogen) atoms. The van der Waals surface area contributed by atoms with Crippen molar-refractivity contribution in [1.29, 1.82) is 0 Å². The lowest BCUT2D eigenvalue weighted by Crippen LogP contribution is -2.37. The molecule has 0 heterocycles. The second-order valence-electron chi connectivity index (χ2n) is 5.12. The average molecular weight is 207 g/mol. The van der Waals surface area contributed by atoms with Gasteiger partial charge in [0, 0.05) is 5.69 Å². The molecule has 0 aliphatic carbocycles. The van der Waals surface area contributed by atoms with Crippen LogP contribution in [-0.4, -0.2) is 17.8 Å². The van der Waals surface area contributed by atoms with E-state index in [4.69, 9.17) is 0 Å². The fraction of sp³-hybridized carbons (Fsp3) is 0.538. The maximum absolute atomic E-state index is 9.33. The lowest BCUT2D eigenvalue weighted by atomic mass is 9.87. The predicted molar refractivity (Wildman–Crippen MR) is 65.1 cm³/mol. The molecular formula is C13H21NO. The van der Waals surface area contributed by atoms with Crippen molar-refractivity contribution in [2.45, 2.75) is 33.7 Å². The fourth-order valence-electron chi connectivity index (χ4n) is 1.47. The van der Waals surface area contributed by atoms with Crippen LogP contribution in [0.3, 0.4) is 0 Å². The number of hydrogen-bond acceptors (Lipinski definition) is 2. The van der Waals surface area contributed by atoms with Gasteiger partial charge in [-0.3, -0.25) is 0 Å². The Hall–Kier alpha value is -1.02. The molecular weight excluding hydrogens is 186 g/mol. The Labute approximate surface area is 92.3 Å². The van der Waals surface area contributed by atoms with Gasteiger partial charge in [0.05, 0.1) is 12.6 Å². The van der Waals surface area contributed by atoms with Gasteiger partial charge in [0.25, 0.3) is 0 Å². The molecule has 0 spiro atoms. The van der Waals surface area contributed by atoms with Crippen LogP contribution in [0.4, 0.5) is 5.69 Å². The Morgan fingerprint density at radius 1 is 1.33 bits per heavy atom. The highest BCUT2D eigenvalue weighted by atomic mass is 16.3. The zero-order valence-electron chi connectivity index (χ0n) is 10.0. The van der Waals surface area contributed by atoms with E-state index in [-0.39, 0.29) is 18.1 Å². The minimum absolute atomic E-state index is 0.0541. The molecule has 1 aromatic carbocycles. The van der Waals surface area contributed by atoms with Gasteiger partial charge in [-0.25, -0.2) is 0 Å². The first-order valence-corrected chi connectivity index (χ1v) is 5.37. The zero-order chi connectivity index (χ0) is 11.5. The minimum Gasteiger partial charge on any atom is -0.394 e. The lowest BCUT2D eigenvalue weighted by Gasteiger charge is -2.30. The quantitative estimate of drug-likeness (QED) is 0.798. The lowest BCUT2D eigenvalue weighted by molar-refractivity contribution is 0.202. The van der Waals surface area contributed by atoms with Crippen LogP contribution in [-0.2, 0) is 0 Å². The highest BCUT2D eigenvalue weighted by Gasteiger charge is 2.23. The number of aliphatic hydroxyl groups is 1. The highest BCUT2D eigenvalue weighted by molar-refractivity contribution is 5.46. The number of nitrogens with one attached hydrogen (secondary N) is 1. The number of anilines is 1. The molecule has 0 aromatic heterocycles. The van der Waals surface area contributed by atoms with Gasteiger partial charge in [-0.1, -0.05) is 32.9 Å². The topological polar surface area (TPSA) is 32.3 Å². The Morgan fingerprint density at radius 3 is 2.47 bits per heavy atom. The van der Waals surface area contributed by atoms with Crippen LogP contribution < -0.4 is 5.32 Å². The number of aryl methyl sites for hydroxylation is 1. The van der Waals surface area contributed by atoms with E-state index in [1.54, 1.807) is 0 Å². The third-order valence-corrected chi connectivity index (χ3v) is 2.59. The summed E-state index contributed by atoms with van der Waals surface area (Å²) in [4.78, 5) is 0. The molecule has 84 valence electrons. The first-order valence-electron chi connectivity index (χ1n) is 5.37. The van der Waals surface area contributed by atoms with Crippen LogP contribution in [0.2, 0.25) is 0 Å². The molecule has 0 saturated heterocycles. The molecule has 2 heteroatoms. The van der Waals surface area contributed by atoms with E-state index in [2.05, 4.69) is 45.1 Å². The molecule has 1 atom stereocenters. The van der Waals surface area contributed by atoms with Gasteiger partial charge < -0.3 is 10.4 Å². The molecule has 1 unspecified atom stereocenters. The summed E-state index contributed by atoms with van der Waals surface area (Å²) < 4.78 is 0. The SMILES string of the molecule is Cc1cccc(NC(CO)C(C)(C)C)c1. The highest BCUT2D eigenvalue weighted by Crippen LogP contribution is 2.23. The Bertz CT molecular complexity index is 315. The third kappa shape index (κ3) is 3.56. The Kier molecular flexibility index (Phi) is 3.75. The molecule has 0 bridgehead atoms. The van der Waals surface area contributed by atoms with Crippen LogP contribution in [0.5, 0.6) is 0 Å². The van der Waals surface area contributed by atoms with E-state index >= 15 is 0 Å². The number of aliphatic hydroxyl groups excluding tert-OH is 1. The largest absolute Gasteiger partial charge is 0.394 e. The van der Waals surface area contributed by atoms with Crippen molar-refractivity contribution in [3.05, 3.63) is 29.8 Å². The molecule has 1 rings (SSSR count). The summed E-state index contributed by atoms with van der Waals surface area (Å²) >= 11 is 0. The van der Waals surface area contributed by atoms with Crippen molar-refractivity contribution in [3.63, 3.8) is 0 Å². The number of rotatable bonds is 3. The third-order valence-electron chi connectivity index (χ3n) is 2.59. The van der Waals surface area contributed by atoms with Crippen LogP contribution in [0, 0.1) is 12.3 Å². The van der Waals surface area contributed by atoms with Crippen molar-refractivity contribution in [1.82, 2.24) is 0 Å². The number of hydrogen-bond donors (Lipinski definition) is 2. The van der Waals surface area contributed by atoms with Crippen molar-refractivity contribution in [3.8, 4) is 0 Å². The molecule has 0 saturated carbocycles. The minimum atomic E-state index is 0.0541. The van der Waals surface area contributed by atoms with E-state index in [1.807, 2.05) is 12.1 Å². The van der Waals surface area contributed by atoms with Gasteiger partial charge in [0.2, 0.25) is 0 Å². The van der Waals surface area contributed by atoms with E-state index < -0.39 is 0 Å². The average Bonchev–Trinajstić information content (AvgIpc) is 2.12. The first-order chi connectivity index (χ1) is 6.93. The molecule has 2 nitrogen and oxygen atoms in total. The summed E-state index contributed by atoms with van der Waals surface area (Å²) in [6.07, 6.45) is 0. The summed E-state index contributed by atoms with van der Waals surface area (Å²) in [6.45, 7) is 8.58. The predicted octanol–water partition coefficient (Wildman–Crippen LogP) is 2.81. The van der Waals surface area contributed by atoms with Gasteiger partial charge in [-0.2, -0.15) is 0 Å². The monoisotopic (exact) mass is 207 g/mol. The van der Waals surface area contributed by atoms with Gasteiger partial charge in [0.1, 0.15) is 0 Å². The summed E-state index contributed by atoms with van der Waals surface area (Å²) in [5.41, 5.74) is 2.35. The summed E-state index contributed by atoms with van der Waals surface area (Å²) in [5.74, 6) is 0. The van der Waals surface area contributed by atoms with Crippen LogP contribution in [0.25, 0.3) is 0 Å². The summed E-state index contributed by atoms with van der Waals surface area (Å²) in [6, 6.07) is 8.29. The molecule has 2 N–H and O–H groups in total. The van der Waals surface area contributed by atoms with Crippen molar-refractivity contribution in [2.75, 3.05) is 11.9 Å². The van der Waals surface area contributed by atoms with Crippen LogP contribution >= 0.6 is 0 Å². The second kappa shape index (κ2) is 4.67. The Morgan fingerprint density at radius 2 is 2.00 bits per heavy atom. The fourth-order valence-corrected chi connectivity index (χ4v) is 1.47. The molecule has 0 aliphatic rings. The molecule has 0 radical (unpaired) electrons. The van der Waals surface area contributed by atoms with Crippen molar-refractivity contribution >= 4 is 5.69 Å². The number of benzene rings is 1. The van der Waals surface area contributed by atoms with Crippen molar-refractivity contribution in [2.24, 2.45) is 5.41 Å². The maximum atomic E-state index is 9.33. The van der Waals surface area contributed by atoms with E-state index in [9.17, 15) is 5.11 Å². The van der Waals surface area contributed by atoms with Gasteiger partial charge >= 0.3 is 0 Å². The second-order valence-corrected chi connectivity index (χ2v) is 5.12. The van der Waals surface area contributed by atoms with E-state index in [1.165, 1.54) is 5.56 Å². The van der Waals surface area contributed by atoms with Crippen LogP contribution in [0.1, 0.15) is 26.3 Å². The smallest absolute Gasteiger partial charge is 0.0637 e. The molecule has 0 fully saturated rings. The zero-order valence-corrected chi connectivity index (χ0v) is 10.0. The van der Waals surface area contributed by atoms with Crippen molar-refractivity contribution < 1.29 is 5.11 Å². The van der Waals surface area contributed by atoms with Gasteiger partial charge in [-0.05, 0) is 30.0 Å². The van der Waals surface area contributed by atoms with Crippen LogP contribution in [0.15, 0.2) is 24.3 Å². The summed E-state index contributed by atoms with van der Waals surface area (Å²) in [5, 5.41) is 12.7. The first kappa shape index (κ1) is 12.1. The van der Waals surface area contributed by atoms with E-state index in [0.29, 0.717) is 0 Å². The van der Waals surface area contributed by atoms with Gasteiger partial charge in [-0.15, -0.1) is 0 Å². The standard InChI is InChI=1S/C13H21NO/c1-10-6-5-7-11(8-10)14-12(9-15)13(2,3)4/h5-8,12,14-15H,9H2,1-4H3. The molecule has 0 aliphatic heterocycles. The molecule has 0 amide bonds.